The highest BCUT2D eigenvalue weighted by Crippen LogP contribution is 2.25. The van der Waals surface area contributed by atoms with Crippen molar-refractivity contribution in [2.75, 3.05) is 11.1 Å². The molecule has 0 saturated carbocycles. The van der Waals surface area contributed by atoms with E-state index < -0.39 is 0 Å². The summed E-state index contributed by atoms with van der Waals surface area (Å²) in [6.45, 7) is 0.550. The highest BCUT2D eigenvalue weighted by Gasteiger charge is 2.03. The number of ether oxygens (including phenoxy) is 1. The maximum absolute atomic E-state index is 5.93. The molecule has 116 valence electrons. The fourth-order valence-electron chi connectivity index (χ4n) is 2.07. The fourth-order valence-corrected chi connectivity index (χ4v) is 2.42. The van der Waals surface area contributed by atoms with Crippen LogP contribution in [0.25, 0.3) is 0 Å². The molecule has 1 aromatic heterocycles. The molecule has 3 N–H and O–H groups in total. The number of nitrogens with zero attached hydrogens (tertiary/aromatic N) is 1. The summed E-state index contributed by atoms with van der Waals surface area (Å²) in [4.78, 5) is 4.26. The monoisotopic (exact) mass is 369 g/mol. The van der Waals surface area contributed by atoms with Gasteiger partial charge in [0.05, 0.1) is 5.69 Å². The Morgan fingerprint density at radius 3 is 2.48 bits per heavy atom. The van der Waals surface area contributed by atoms with Gasteiger partial charge in [0.2, 0.25) is 0 Å². The summed E-state index contributed by atoms with van der Waals surface area (Å²) >= 11 is 3.34. The van der Waals surface area contributed by atoms with Crippen LogP contribution in [0.1, 0.15) is 5.56 Å². The maximum Gasteiger partial charge on any atom is 0.153 e. The van der Waals surface area contributed by atoms with Crippen molar-refractivity contribution in [3.8, 4) is 5.75 Å². The molecule has 0 spiro atoms. The summed E-state index contributed by atoms with van der Waals surface area (Å²) < 4.78 is 6.61. The lowest BCUT2D eigenvalue weighted by atomic mass is 10.2. The number of anilines is 3. The van der Waals surface area contributed by atoms with Crippen LogP contribution >= 0.6 is 15.9 Å². The van der Waals surface area contributed by atoms with Gasteiger partial charge in [0.15, 0.2) is 5.82 Å². The Labute approximate surface area is 143 Å². The van der Waals surface area contributed by atoms with Gasteiger partial charge in [0, 0.05) is 16.4 Å². The van der Waals surface area contributed by atoms with Crippen LogP contribution in [0.15, 0.2) is 71.3 Å². The highest BCUT2D eigenvalue weighted by atomic mass is 79.9. The lowest BCUT2D eigenvalue weighted by Crippen LogP contribution is -1.99. The van der Waals surface area contributed by atoms with Crippen LogP contribution < -0.4 is 15.8 Å². The first-order chi connectivity index (χ1) is 11.2. The molecular weight excluding hydrogens is 354 g/mol. The molecule has 0 aliphatic carbocycles. The Hall–Kier alpha value is -2.53. The van der Waals surface area contributed by atoms with Crippen molar-refractivity contribution < 1.29 is 4.74 Å². The molecule has 0 amide bonds. The maximum atomic E-state index is 5.93. The predicted molar refractivity (Wildman–Crippen MR) is 96.8 cm³/mol. The van der Waals surface area contributed by atoms with Gasteiger partial charge in [-0.2, -0.15) is 0 Å². The quantitative estimate of drug-likeness (QED) is 0.681. The molecule has 1 heterocycles. The van der Waals surface area contributed by atoms with Gasteiger partial charge in [-0.3, -0.25) is 0 Å². The SMILES string of the molecule is Nc1cc(Br)cnc1Nc1ccc(OCc2ccccc2)cc1. The van der Waals surface area contributed by atoms with Crippen molar-refractivity contribution >= 4 is 33.1 Å². The fraction of sp³-hybridized carbons (Fsp3) is 0.0556. The topological polar surface area (TPSA) is 60.2 Å². The third kappa shape index (κ3) is 4.23. The van der Waals surface area contributed by atoms with Crippen LogP contribution in [0.4, 0.5) is 17.2 Å². The van der Waals surface area contributed by atoms with E-state index in [1.807, 2.05) is 60.7 Å². The third-order valence-corrected chi connectivity index (χ3v) is 3.68. The summed E-state index contributed by atoms with van der Waals surface area (Å²) in [7, 11) is 0. The number of benzene rings is 2. The molecule has 0 atom stereocenters. The molecule has 0 unspecified atom stereocenters. The van der Waals surface area contributed by atoms with Gasteiger partial charge in [0.1, 0.15) is 12.4 Å². The van der Waals surface area contributed by atoms with Crippen LogP contribution in [-0.2, 0) is 6.61 Å². The summed E-state index contributed by atoms with van der Waals surface area (Å²) in [5.74, 6) is 1.45. The van der Waals surface area contributed by atoms with E-state index in [0.717, 1.165) is 21.5 Å². The van der Waals surface area contributed by atoms with Crippen molar-refractivity contribution in [2.45, 2.75) is 6.61 Å². The Balaban J connectivity index is 1.63. The molecule has 5 heteroatoms. The Morgan fingerprint density at radius 1 is 1.04 bits per heavy atom. The van der Waals surface area contributed by atoms with Gasteiger partial charge in [0.25, 0.3) is 0 Å². The smallest absolute Gasteiger partial charge is 0.153 e. The van der Waals surface area contributed by atoms with Crippen molar-refractivity contribution in [3.05, 3.63) is 76.9 Å². The number of halogens is 1. The van der Waals surface area contributed by atoms with E-state index in [0.29, 0.717) is 18.1 Å². The highest BCUT2D eigenvalue weighted by molar-refractivity contribution is 9.10. The molecule has 0 aliphatic heterocycles. The van der Waals surface area contributed by atoms with Crippen LogP contribution in [0.5, 0.6) is 5.75 Å². The van der Waals surface area contributed by atoms with E-state index in [9.17, 15) is 0 Å². The van der Waals surface area contributed by atoms with E-state index in [1.165, 1.54) is 0 Å². The molecule has 0 radical (unpaired) electrons. The largest absolute Gasteiger partial charge is 0.489 e. The summed E-state index contributed by atoms with van der Waals surface area (Å²) in [5, 5.41) is 3.19. The second kappa shape index (κ2) is 7.15. The lowest BCUT2D eigenvalue weighted by molar-refractivity contribution is 0.306. The molecule has 0 aliphatic rings. The molecule has 23 heavy (non-hydrogen) atoms. The zero-order chi connectivity index (χ0) is 16.1. The zero-order valence-corrected chi connectivity index (χ0v) is 14.0. The third-order valence-electron chi connectivity index (χ3n) is 3.25. The predicted octanol–water partition coefficient (Wildman–Crippen LogP) is 4.75. The zero-order valence-electron chi connectivity index (χ0n) is 12.4. The number of rotatable bonds is 5. The minimum absolute atomic E-state index is 0.550. The van der Waals surface area contributed by atoms with E-state index >= 15 is 0 Å². The van der Waals surface area contributed by atoms with E-state index in [1.54, 1.807) is 6.20 Å². The summed E-state index contributed by atoms with van der Waals surface area (Å²) in [5.41, 5.74) is 8.56. The molecule has 3 rings (SSSR count). The Bertz CT molecular complexity index is 776. The first-order valence-corrected chi connectivity index (χ1v) is 7.95. The summed E-state index contributed by atoms with van der Waals surface area (Å²) in [6, 6.07) is 19.6. The second-order valence-corrected chi connectivity index (χ2v) is 5.93. The van der Waals surface area contributed by atoms with Crippen molar-refractivity contribution in [1.82, 2.24) is 4.98 Å². The first-order valence-electron chi connectivity index (χ1n) is 7.15. The van der Waals surface area contributed by atoms with Crippen LogP contribution in [0.2, 0.25) is 0 Å². The van der Waals surface area contributed by atoms with Crippen LogP contribution in [0, 0.1) is 0 Å². The second-order valence-electron chi connectivity index (χ2n) is 5.02. The van der Waals surface area contributed by atoms with Gasteiger partial charge in [-0.25, -0.2) is 4.98 Å². The number of aromatic nitrogens is 1. The van der Waals surface area contributed by atoms with Crippen LogP contribution in [-0.4, -0.2) is 4.98 Å². The molecule has 2 aromatic carbocycles. The molecule has 0 bridgehead atoms. The minimum atomic E-state index is 0.550. The molecular formula is C18H16BrN3O. The molecule has 4 nitrogen and oxygen atoms in total. The van der Waals surface area contributed by atoms with Crippen molar-refractivity contribution in [2.24, 2.45) is 0 Å². The molecule has 0 fully saturated rings. The number of pyridine rings is 1. The average Bonchev–Trinajstić information content (AvgIpc) is 2.58. The van der Waals surface area contributed by atoms with Gasteiger partial charge in [-0.05, 0) is 51.8 Å². The van der Waals surface area contributed by atoms with Gasteiger partial charge in [-0.15, -0.1) is 0 Å². The minimum Gasteiger partial charge on any atom is -0.489 e. The normalized spacial score (nSPS) is 10.3. The number of hydrogen-bond acceptors (Lipinski definition) is 4. The van der Waals surface area contributed by atoms with Gasteiger partial charge in [-0.1, -0.05) is 30.3 Å². The van der Waals surface area contributed by atoms with Crippen molar-refractivity contribution in [1.29, 1.82) is 0 Å². The van der Waals surface area contributed by atoms with Gasteiger partial charge < -0.3 is 15.8 Å². The number of nitrogens with two attached hydrogens (primary N) is 1. The Morgan fingerprint density at radius 2 is 1.78 bits per heavy atom. The Kier molecular flexibility index (Phi) is 4.78. The van der Waals surface area contributed by atoms with E-state index in [2.05, 4.69) is 26.2 Å². The number of nitrogen functional groups attached to an aromatic ring is 1. The molecule has 0 saturated heterocycles. The average molecular weight is 370 g/mol. The van der Waals surface area contributed by atoms with Gasteiger partial charge >= 0.3 is 0 Å². The van der Waals surface area contributed by atoms with Crippen LogP contribution in [0.3, 0.4) is 0 Å². The number of hydrogen-bond donors (Lipinski definition) is 2. The molecule has 3 aromatic rings. The van der Waals surface area contributed by atoms with E-state index in [4.69, 9.17) is 10.5 Å². The summed E-state index contributed by atoms with van der Waals surface area (Å²) in [6.07, 6.45) is 1.70. The van der Waals surface area contributed by atoms with E-state index in [-0.39, 0.29) is 0 Å². The van der Waals surface area contributed by atoms with Crippen molar-refractivity contribution in [3.63, 3.8) is 0 Å². The standard InChI is InChI=1S/C18H16BrN3O/c19-14-10-17(20)18(21-11-14)22-15-6-8-16(9-7-15)23-12-13-4-2-1-3-5-13/h1-11H,12,20H2,(H,21,22). The first kappa shape index (κ1) is 15.4. The lowest BCUT2D eigenvalue weighted by Gasteiger charge is -2.10. The number of nitrogens with one attached hydrogen (secondary N) is 1.